The van der Waals surface area contributed by atoms with Gasteiger partial charge < -0.3 is 10.2 Å². The summed E-state index contributed by atoms with van der Waals surface area (Å²) in [5, 5.41) is 3.08. The van der Waals surface area contributed by atoms with Crippen LogP contribution in [0.4, 0.5) is 0 Å². The zero-order valence-electron chi connectivity index (χ0n) is 10.3. The molecule has 1 N–H and O–H groups in total. The van der Waals surface area contributed by atoms with E-state index in [9.17, 15) is 4.79 Å². The van der Waals surface area contributed by atoms with E-state index in [1.54, 1.807) is 0 Å². The van der Waals surface area contributed by atoms with Gasteiger partial charge >= 0.3 is 0 Å². The van der Waals surface area contributed by atoms with Gasteiger partial charge in [-0.05, 0) is 27.4 Å². The number of rotatable bonds is 3. The largest absolute Gasteiger partial charge is 0.338 e. The molecule has 4 heteroatoms. The van der Waals surface area contributed by atoms with Crippen LogP contribution in [0.2, 0.25) is 0 Å². The van der Waals surface area contributed by atoms with Crippen LogP contribution in [0.3, 0.4) is 0 Å². The molecule has 0 aliphatic carbocycles. The van der Waals surface area contributed by atoms with Gasteiger partial charge in [-0.15, -0.1) is 0 Å². The Kier molecular flexibility index (Phi) is 4.54. The highest BCUT2D eigenvalue weighted by atomic mass is 16.2. The molecule has 0 spiro atoms. The van der Waals surface area contributed by atoms with E-state index in [1.165, 1.54) is 0 Å². The van der Waals surface area contributed by atoms with E-state index in [4.69, 9.17) is 0 Å². The molecule has 1 aliphatic heterocycles. The highest BCUT2D eigenvalue weighted by molar-refractivity contribution is 5.78. The van der Waals surface area contributed by atoms with E-state index >= 15 is 0 Å². The quantitative estimate of drug-likeness (QED) is 0.725. The summed E-state index contributed by atoms with van der Waals surface area (Å²) >= 11 is 0. The lowest BCUT2D eigenvalue weighted by molar-refractivity contribution is -0.134. The molecule has 1 heterocycles. The van der Waals surface area contributed by atoms with Crippen molar-refractivity contribution >= 4 is 5.91 Å². The minimum absolute atomic E-state index is 0.226. The molecule has 0 aromatic carbocycles. The summed E-state index contributed by atoms with van der Waals surface area (Å²) in [7, 11) is 2.13. The molecule has 1 fully saturated rings. The molecule has 1 aliphatic rings. The molecular formula is C11H23N3O. The van der Waals surface area contributed by atoms with E-state index in [2.05, 4.69) is 31.1 Å². The lowest BCUT2D eigenvalue weighted by Gasteiger charge is -2.42. The van der Waals surface area contributed by atoms with Crippen molar-refractivity contribution in [1.29, 1.82) is 0 Å². The van der Waals surface area contributed by atoms with Crippen molar-refractivity contribution in [2.75, 3.05) is 33.2 Å². The Morgan fingerprint density at radius 2 is 1.87 bits per heavy atom. The monoisotopic (exact) mass is 213 g/mol. The van der Waals surface area contributed by atoms with Crippen LogP contribution >= 0.6 is 0 Å². The number of hydrogen-bond acceptors (Lipinski definition) is 3. The Hall–Kier alpha value is -0.610. The topological polar surface area (TPSA) is 35.6 Å². The van der Waals surface area contributed by atoms with Crippen LogP contribution < -0.4 is 5.32 Å². The first-order valence-corrected chi connectivity index (χ1v) is 5.76. The predicted octanol–water partition coefficient (Wildman–Crippen LogP) is 0.147. The first kappa shape index (κ1) is 12.5. The van der Waals surface area contributed by atoms with Gasteiger partial charge in [0.25, 0.3) is 0 Å². The van der Waals surface area contributed by atoms with Crippen molar-refractivity contribution in [1.82, 2.24) is 15.1 Å². The molecular weight excluding hydrogens is 190 g/mol. The fraction of sp³-hybridized carbons (Fsp3) is 0.909. The number of carbonyl (C=O) groups excluding carboxylic acids is 1. The normalized spacial score (nSPS) is 28.1. The van der Waals surface area contributed by atoms with Gasteiger partial charge in [-0.3, -0.25) is 9.69 Å². The number of nitrogens with one attached hydrogen (secondary N) is 1. The van der Waals surface area contributed by atoms with Gasteiger partial charge in [0.2, 0.25) is 5.91 Å². The molecule has 0 bridgehead atoms. The molecule has 88 valence electrons. The van der Waals surface area contributed by atoms with Crippen LogP contribution in [-0.2, 0) is 4.79 Å². The second kappa shape index (κ2) is 5.47. The summed E-state index contributed by atoms with van der Waals surface area (Å²) in [5.74, 6) is 0.226. The SMILES string of the molecule is CCNCC(=O)N1CC(C)N(C)C(C)C1. The summed E-state index contributed by atoms with van der Waals surface area (Å²) in [6.07, 6.45) is 0. The standard InChI is InChI=1S/C11H23N3O/c1-5-12-6-11(15)14-7-9(2)13(4)10(3)8-14/h9-10,12H,5-8H2,1-4H3. The Bertz CT molecular complexity index is 208. The van der Waals surface area contributed by atoms with Crippen LogP contribution in [-0.4, -0.2) is 61.0 Å². The van der Waals surface area contributed by atoms with Gasteiger partial charge in [-0.1, -0.05) is 6.92 Å². The minimum Gasteiger partial charge on any atom is -0.338 e. The Labute approximate surface area is 92.6 Å². The first-order valence-electron chi connectivity index (χ1n) is 5.76. The summed E-state index contributed by atoms with van der Waals surface area (Å²) in [4.78, 5) is 16.1. The van der Waals surface area contributed by atoms with Crippen LogP contribution in [0.15, 0.2) is 0 Å². The van der Waals surface area contributed by atoms with Crippen molar-refractivity contribution in [3.63, 3.8) is 0 Å². The maximum absolute atomic E-state index is 11.8. The lowest BCUT2D eigenvalue weighted by atomic mass is 10.1. The fourth-order valence-corrected chi connectivity index (χ4v) is 1.95. The third-order valence-electron chi connectivity index (χ3n) is 3.24. The van der Waals surface area contributed by atoms with E-state index in [0.29, 0.717) is 18.6 Å². The van der Waals surface area contributed by atoms with Gasteiger partial charge in [0, 0.05) is 25.2 Å². The Morgan fingerprint density at radius 1 is 1.33 bits per heavy atom. The van der Waals surface area contributed by atoms with Crippen LogP contribution in [0.5, 0.6) is 0 Å². The highest BCUT2D eigenvalue weighted by Crippen LogP contribution is 2.12. The van der Waals surface area contributed by atoms with Crippen molar-refractivity contribution in [3.05, 3.63) is 0 Å². The predicted molar refractivity (Wildman–Crippen MR) is 61.8 cm³/mol. The minimum atomic E-state index is 0.226. The number of piperazine rings is 1. The van der Waals surface area contributed by atoms with Gasteiger partial charge in [0.1, 0.15) is 0 Å². The summed E-state index contributed by atoms with van der Waals surface area (Å²) in [6.45, 7) is 9.38. The van der Waals surface area contributed by atoms with E-state index in [0.717, 1.165) is 19.6 Å². The number of amides is 1. The molecule has 4 nitrogen and oxygen atoms in total. The molecule has 1 rings (SSSR count). The fourth-order valence-electron chi connectivity index (χ4n) is 1.95. The number of hydrogen-bond donors (Lipinski definition) is 1. The highest BCUT2D eigenvalue weighted by Gasteiger charge is 2.28. The van der Waals surface area contributed by atoms with Crippen LogP contribution in [0, 0.1) is 0 Å². The van der Waals surface area contributed by atoms with E-state index in [1.807, 2.05) is 11.8 Å². The summed E-state index contributed by atoms with van der Waals surface area (Å²) in [5.41, 5.74) is 0. The molecule has 0 radical (unpaired) electrons. The number of likely N-dealkylation sites (N-methyl/N-ethyl adjacent to an activating group) is 2. The molecule has 0 aromatic rings. The Morgan fingerprint density at radius 3 is 2.33 bits per heavy atom. The maximum Gasteiger partial charge on any atom is 0.236 e. The molecule has 15 heavy (non-hydrogen) atoms. The zero-order valence-corrected chi connectivity index (χ0v) is 10.3. The zero-order chi connectivity index (χ0) is 11.4. The average Bonchev–Trinajstić information content (AvgIpc) is 2.21. The van der Waals surface area contributed by atoms with Gasteiger partial charge in [-0.25, -0.2) is 0 Å². The first-order chi connectivity index (χ1) is 7.06. The second-order valence-corrected chi connectivity index (χ2v) is 4.44. The number of carbonyl (C=O) groups is 1. The van der Waals surface area contributed by atoms with Crippen molar-refractivity contribution in [2.24, 2.45) is 0 Å². The lowest BCUT2D eigenvalue weighted by Crippen LogP contribution is -2.57. The molecule has 1 saturated heterocycles. The Balaban J connectivity index is 2.46. The van der Waals surface area contributed by atoms with Crippen LogP contribution in [0.25, 0.3) is 0 Å². The second-order valence-electron chi connectivity index (χ2n) is 4.44. The smallest absolute Gasteiger partial charge is 0.236 e. The van der Waals surface area contributed by atoms with E-state index < -0.39 is 0 Å². The van der Waals surface area contributed by atoms with Crippen molar-refractivity contribution in [2.45, 2.75) is 32.9 Å². The number of nitrogens with zero attached hydrogens (tertiary/aromatic N) is 2. The van der Waals surface area contributed by atoms with Crippen LogP contribution in [0.1, 0.15) is 20.8 Å². The third-order valence-corrected chi connectivity index (χ3v) is 3.24. The average molecular weight is 213 g/mol. The third kappa shape index (κ3) is 3.18. The van der Waals surface area contributed by atoms with Gasteiger partial charge in [-0.2, -0.15) is 0 Å². The van der Waals surface area contributed by atoms with Gasteiger partial charge in [0.05, 0.1) is 6.54 Å². The van der Waals surface area contributed by atoms with E-state index in [-0.39, 0.29) is 5.91 Å². The molecule has 0 aromatic heterocycles. The summed E-state index contributed by atoms with van der Waals surface area (Å²) < 4.78 is 0. The van der Waals surface area contributed by atoms with Crippen molar-refractivity contribution in [3.8, 4) is 0 Å². The molecule has 2 atom stereocenters. The van der Waals surface area contributed by atoms with Gasteiger partial charge in [0.15, 0.2) is 0 Å². The summed E-state index contributed by atoms with van der Waals surface area (Å²) in [6, 6.07) is 0.915. The van der Waals surface area contributed by atoms with Crippen molar-refractivity contribution < 1.29 is 4.79 Å². The molecule has 0 saturated carbocycles. The molecule has 2 unspecified atom stereocenters. The molecule has 1 amide bonds. The maximum atomic E-state index is 11.8.